The van der Waals surface area contributed by atoms with Gasteiger partial charge in [0.2, 0.25) is 5.88 Å². The van der Waals surface area contributed by atoms with Crippen molar-refractivity contribution in [3.8, 4) is 17.4 Å². The summed E-state index contributed by atoms with van der Waals surface area (Å²) in [5.74, 6) is 1.64. The Morgan fingerprint density at radius 1 is 1.16 bits per heavy atom. The number of aromatic nitrogens is 1. The Labute approximate surface area is 112 Å². The van der Waals surface area contributed by atoms with Crippen LogP contribution < -0.4 is 9.47 Å². The molecule has 19 heavy (non-hydrogen) atoms. The third-order valence-corrected chi connectivity index (χ3v) is 2.61. The zero-order chi connectivity index (χ0) is 13.7. The summed E-state index contributed by atoms with van der Waals surface area (Å²) in [6.07, 6.45) is 0.993. The maximum Gasteiger partial charge on any atom is 0.225 e. The van der Waals surface area contributed by atoms with Gasteiger partial charge in [-0.25, -0.2) is 4.98 Å². The number of ether oxygens (including phenoxy) is 2. The Bertz CT molecular complexity index is 540. The zero-order valence-electron chi connectivity index (χ0n) is 11.0. The van der Waals surface area contributed by atoms with Gasteiger partial charge in [0.15, 0.2) is 11.5 Å². The number of hydrogen-bond acceptors (Lipinski definition) is 4. The first-order chi connectivity index (χ1) is 9.22. The SMILES string of the molecule is CCOc1ccccc1Oc1ncccc1[C@@H](C)O. The number of aliphatic hydroxyl groups is 1. The predicted molar refractivity (Wildman–Crippen MR) is 72.6 cm³/mol. The summed E-state index contributed by atoms with van der Waals surface area (Å²) in [5.41, 5.74) is 0.647. The van der Waals surface area contributed by atoms with Gasteiger partial charge in [0.1, 0.15) is 0 Å². The second kappa shape index (κ2) is 6.20. The molecular weight excluding hydrogens is 242 g/mol. The molecule has 0 fully saturated rings. The lowest BCUT2D eigenvalue weighted by molar-refractivity contribution is 0.194. The fourth-order valence-corrected chi connectivity index (χ4v) is 1.72. The maximum absolute atomic E-state index is 9.70. The van der Waals surface area contributed by atoms with Crippen molar-refractivity contribution >= 4 is 0 Å². The molecule has 0 aliphatic heterocycles. The Kier molecular flexibility index (Phi) is 4.36. The number of pyridine rings is 1. The predicted octanol–water partition coefficient (Wildman–Crippen LogP) is 3.33. The minimum absolute atomic E-state index is 0.393. The normalized spacial score (nSPS) is 11.9. The van der Waals surface area contributed by atoms with E-state index < -0.39 is 6.10 Å². The Balaban J connectivity index is 2.31. The number of nitrogens with zero attached hydrogens (tertiary/aromatic N) is 1. The highest BCUT2D eigenvalue weighted by Gasteiger charge is 2.12. The van der Waals surface area contributed by atoms with Crippen molar-refractivity contribution in [2.45, 2.75) is 20.0 Å². The third-order valence-electron chi connectivity index (χ3n) is 2.61. The molecule has 0 saturated heterocycles. The van der Waals surface area contributed by atoms with E-state index >= 15 is 0 Å². The standard InChI is InChI=1S/C15H17NO3/c1-3-18-13-8-4-5-9-14(13)19-15-12(11(2)17)7-6-10-16-15/h4-11,17H,3H2,1-2H3/t11-/m1/s1. The van der Waals surface area contributed by atoms with Gasteiger partial charge in [-0.2, -0.15) is 0 Å². The molecule has 100 valence electrons. The van der Waals surface area contributed by atoms with E-state index in [9.17, 15) is 5.11 Å². The monoisotopic (exact) mass is 259 g/mol. The summed E-state index contributed by atoms with van der Waals surface area (Å²) < 4.78 is 11.3. The van der Waals surface area contributed by atoms with Crippen LogP contribution in [0, 0.1) is 0 Å². The minimum Gasteiger partial charge on any atom is -0.490 e. The van der Waals surface area contributed by atoms with Gasteiger partial charge in [-0.05, 0) is 38.1 Å². The molecule has 0 unspecified atom stereocenters. The van der Waals surface area contributed by atoms with E-state index in [1.165, 1.54) is 0 Å². The van der Waals surface area contributed by atoms with E-state index in [0.29, 0.717) is 29.5 Å². The topological polar surface area (TPSA) is 51.6 Å². The Morgan fingerprint density at radius 3 is 2.58 bits per heavy atom. The zero-order valence-corrected chi connectivity index (χ0v) is 11.0. The maximum atomic E-state index is 9.70. The van der Waals surface area contributed by atoms with E-state index in [0.717, 1.165) is 0 Å². The summed E-state index contributed by atoms with van der Waals surface area (Å²) in [6.45, 7) is 4.16. The van der Waals surface area contributed by atoms with Gasteiger partial charge in [0, 0.05) is 11.8 Å². The molecule has 0 spiro atoms. The molecule has 0 radical (unpaired) electrons. The Morgan fingerprint density at radius 2 is 1.89 bits per heavy atom. The average molecular weight is 259 g/mol. The van der Waals surface area contributed by atoms with E-state index in [-0.39, 0.29) is 0 Å². The quantitative estimate of drug-likeness (QED) is 0.894. The second-order valence-electron chi connectivity index (χ2n) is 4.06. The number of para-hydroxylation sites is 2. The van der Waals surface area contributed by atoms with Crippen LogP contribution in [0.15, 0.2) is 42.6 Å². The molecule has 0 bridgehead atoms. The van der Waals surface area contributed by atoms with E-state index in [1.807, 2.05) is 31.2 Å². The van der Waals surface area contributed by atoms with Gasteiger partial charge >= 0.3 is 0 Å². The molecule has 1 atom stereocenters. The van der Waals surface area contributed by atoms with Crippen molar-refractivity contribution in [3.05, 3.63) is 48.2 Å². The summed E-state index contributed by atoms with van der Waals surface area (Å²) in [6, 6.07) is 10.9. The minimum atomic E-state index is -0.636. The molecule has 1 aromatic carbocycles. The number of benzene rings is 1. The highest BCUT2D eigenvalue weighted by Crippen LogP contribution is 2.33. The molecule has 0 aliphatic carbocycles. The smallest absolute Gasteiger partial charge is 0.225 e. The summed E-state index contributed by atoms with van der Waals surface area (Å²) >= 11 is 0. The highest BCUT2D eigenvalue weighted by molar-refractivity contribution is 5.43. The van der Waals surface area contributed by atoms with Crippen LogP contribution in [-0.2, 0) is 0 Å². The Hall–Kier alpha value is -2.07. The number of hydrogen-bond donors (Lipinski definition) is 1. The van der Waals surface area contributed by atoms with Crippen LogP contribution in [0.4, 0.5) is 0 Å². The molecule has 1 aromatic heterocycles. The van der Waals surface area contributed by atoms with Gasteiger partial charge in [0.25, 0.3) is 0 Å². The van der Waals surface area contributed by atoms with Gasteiger partial charge in [-0.15, -0.1) is 0 Å². The van der Waals surface area contributed by atoms with Crippen molar-refractivity contribution < 1.29 is 14.6 Å². The second-order valence-corrected chi connectivity index (χ2v) is 4.06. The van der Waals surface area contributed by atoms with Crippen LogP contribution in [-0.4, -0.2) is 16.7 Å². The van der Waals surface area contributed by atoms with Crippen LogP contribution in [0.3, 0.4) is 0 Å². The van der Waals surface area contributed by atoms with Crippen LogP contribution in [0.25, 0.3) is 0 Å². The van der Waals surface area contributed by atoms with Gasteiger partial charge in [0.05, 0.1) is 12.7 Å². The van der Waals surface area contributed by atoms with Gasteiger partial charge in [-0.1, -0.05) is 12.1 Å². The number of rotatable bonds is 5. The first-order valence-electron chi connectivity index (χ1n) is 6.25. The molecule has 0 saturated carbocycles. The molecule has 1 heterocycles. The van der Waals surface area contributed by atoms with Gasteiger partial charge in [-0.3, -0.25) is 0 Å². The van der Waals surface area contributed by atoms with E-state index in [2.05, 4.69) is 4.98 Å². The molecule has 2 aromatic rings. The molecule has 0 amide bonds. The molecule has 2 rings (SSSR count). The fourth-order valence-electron chi connectivity index (χ4n) is 1.72. The van der Waals surface area contributed by atoms with Crippen LogP contribution in [0.2, 0.25) is 0 Å². The van der Waals surface area contributed by atoms with Crippen LogP contribution in [0.1, 0.15) is 25.5 Å². The summed E-state index contributed by atoms with van der Waals surface area (Å²) in [7, 11) is 0. The molecule has 4 nitrogen and oxygen atoms in total. The van der Waals surface area contributed by atoms with Crippen LogP contribution >= 0.6 is 0 Å². The average Bonchev–Trinajstić information content (AvgIpc) is 2.42. The molecular formula is C15H17NO3. The lowest BCUT2D eigenvalue weighted by Crippen LogP contribution is -2.00. The van der Waals surface area contributed by atoms with Crippen molar-refractivity contribution in [3.63, 3.8) is 0 Å². The summed E-state index contributed by atoms with van der Waals surface area (Å²) in [5, 5.41) is 9.70. The molecule has 1 N–H and O–H groups in total. The lowest BCUT2D eigenvalue weighted by atomic mass is 10.2. The lowest BCUT2D eigenvalue weighted by Gasteiger charge is -2.14. The van der Waals surface area contributed by atoms with E-state index in [1.54, 1.807) is 25.3 Å². The van der Waals surface area contributed by atoms with Crippen molar-refractivity contribution in [2.75, 3.05) is 6.61 Å². The molecule has 4 heteroatoms. The van der Waals surface area contributed by atoms with Crippen LogP contribution in [0.5, 0.6) is 17.4 Å². The highest BCUT2D eigenvalue weighted by atomic mass is 16.5. The van der Waals surface area contributed by atoms with Crippen molar-refractivity contribution in [2.24, 2.45) is 0 Å². The number of aliphatic hydroxyl groups excluding tert-OH is 1. The van der Waals surface area contributed by atoms with Gasteiger partial charge < -0.3 is 14.6 Å². The van der Waals surface area contributed by atoms with E-state index in [4.69, 9.17) is 9.47 Å². The first-order valence-corrected chi connectivity index (χ1v) is 6.25. The van der Waals surface area contributed by atoms with Crippen molar-refractivity contribution in [1.82, 2.24) is 4.98 Å². The van der Waals surface area contributed by atoms with Crippen molar-refractivity contribution in [1.29, 1.82) is 0 Å². The fraction of sp³-hybridized carbons (Fsp3) is 0.267. The molecule has 0 aliphatic rings. The third kappa shape index (κ3) is 3.23. The largest absolute Gasteiger partial charge is 0.490 e. The summed E-state index contributed by atoms with van der Waals surface area (Å²) in [4.78, 5) is 4.16. The first kappa shape index (κ1) is 13.4.